The Hall–Kier alpha value is -3.78. The topological polar surface area (TPSA) is 93.7 Å². The fraction of sp³-hybridized carbons (Fsp3) is 0.269. The summed E-state index contributed by atoms with van der Waals surface area (Å²) in [6.07, 6.45) is -3.90. The van der Waals surface area contributed by atoms with Crippen LogP contribution >= 0.6 is 0 Å². The first kappa shape index (κ1) is 29.2. The molecule has 14 heteroatoms. The number of rotatable bonds is 8. The summed E-state index contributed by atoms with van der Waals surface area (Å²) in [7, 11) is -4.69. The van der Waals surface area contributed by atoms with Gasteiger partial charge in [-0.3, -0.25) is 9.52 Å². The van der Waals surface area contributed by atoms with E-state index >= 15 is 0 Å². The van der Waals surface area contributed by atoms with Gasteiger partial charge in [0.2, 0.25) is 0 Å². The number of piperidine rings is 1. The quantitative estimate of drug-likeness (QED) is 0.196. The third kappa shape index (κ3) is 7.04. The van der Waals surface area contributed by atoms with Gasteiger partial charge in [-0.05, 0) is 80.0 Å². The van der Waals surface area contributed by atoms with Crippen molar-refractivity contribution in [1.82, 2.24) is 5.32 Å². The second-order valence-electron chi connectivity index (χ2n) is 8.81. The van der Waals surface area contributed by atoms with Crippen molar-refractivity contribution in [1.29, 1.82) is 0 Å². The lowest BCUT2D eigenvalue weighted by Crippen LogP contribution is -2.34. The van der Waals surface area contributed by atoms with E-state index in [0.717, 1.165) is 42.5 Å². The largest absolute Gasteiger partial charge is 0.434 e. The van der Waals surface area contributed by atoms with Gasteiger partial charge in [0.25, 0.3) is 10.0 Å². The second-order valence-corrected chi connectivity index (χ2v) is 10.5. The second kappa shape index (κ2) is 11.8. The van der Waals surface area contributed by atoms with Gasteiger partial charge in [-0.25, -0.2) is 12.8 Å². The number of carbonyl (C=O) groups is 1. The Bertz CT molecular complexity index is 1490. The van der Waals surface area contributed by atoms with Crippen LogP contribution in [0.5, 0.6) is 11.5 Å². The summed E-state index contributed by atoms with van der Waals surface area (Å²) in [5, 5.41) is 3.08. The molecule has 0 spiro atoms. The molecule has 0 bridgehead atoms. The van der Waals surface area contributed by atoms with Gasteiger partial charge < -0.3 is 14.8 Å². The number of halogens is 6. The van der Waals surface area contributed by atoms with E-state index in [1.54, 1.807) is 0 Å². The number of sulfonamides is 1. The van der Waals surface area contributed by atoms with Crippen LogP contribution in [-0.2, 0) is 21.0 Å². The van der Waals surface area contributed by atoms with Crippen LogP contribution in [0.4, 0.5) is 32.0 Å². The highest BCUT2D eigenvalue weighted by Crippen LogP contribution is 2.38. The molecule has 214 valence electrons. The Balaban J connectivity index is 1.77. The van der Waals surface area contributed by atoms with Crippen LogP contribution in [0.1, 0.15) is 18.4 Å². The Kier molecular flexibility index (Phi) is 8.59. The number of nitrogens with one attached hydrogen (secondary N) is 2. The molecule has 2 N–H and O–H groups in total. The molecule has 7 nitrogen and oxygen atoms in total. The molecule has 0 amide bonds. The van der Waals surface area contributed by atoms with Crippen molar-refractivity contribution in [2.24, 2.45) is 5.92 Å². The lowest BCUT2D eigenvalue weighted by atomic mass is 9.98. The highest BCUT2D eigenvalue weighted by atomic mass is 32.2. The molecule has 1 saturated heterocycles. The molecule has 1 aliphatic rings. The maximum Gasteiger partial charge on any atom is 0.416 e. The van der Waals surface area contributed by atoms with Gasteiger partial charge in [0, 0.05) is 5.56 Å². The summed E-state index contributed by atoms with van der Waals surface area (Å²) < 4.78 is 118. The SMILES string of the molecule is O=C(Oc1ccc(-c2cc(F)ccc2OC(F)F)cc1NS(=O)(=O)c1cccc(C(F)(F)F)c1)C1CCNCC1. The van der Waals surface area contributed by atoms with Gasteiger partial charge >= 0.3 is 18.8 Å². The van der Waals surface area contributed by atoms with Gasteiger partial charge in [-0.15, -0.1) is 0 Å². The van der Waals surface area contributed by atoms with Gasteiger partial charge in [0.15, 0.2) is 5.75 Å². The minimum Gasteiger partial charge on any atom is -0.434 e. The molecule has 3 aromatic carbocycles. The molecule has 3 aromatic rings. The Morgan fingerprint density at radius 3 is 2.35 bits per heavy atom. The molecule has 0 unspecified atom stereocenters. The molecular weight excluding hydrogens is 566 g/mol. The molecule has 1 heterocycles. The number of alkyl halides is 5. The van der Waals surface area contributed by atoms with Gasteiger partial charge in [0.1, 0.15) is 11.6 Å². The van der Waals surface area contributed by atoms with Crippen molar-refractivity contribution < 1.29 is 49.0 Å². The van der Waals surface area contributed by atoms with Crippen molar-refractivity contribution in [3.05, 3.63) is 72.0 Å². The van der Waals surface area contributed by atoms with Crippen LogP contribution in [0.3, 0.4) is 0 Å². The average Bonchev–Trinajstić information content (AvgIpc) is 2.90. The maximum atomic E-state index is 14.0. The molecule has 0 aliphatic carbocycles. The number of carbonyl (C=O) groups excluding carboxylic acids is 1. The number of hydrogen-bond acceptors (Lipinski definition) is 6. The monoisotopic (exact) mass is 588 g/mol. The van der Waals surface area contributed by atoms with Crippen molar-refractivity contribution in [2.45, 2.75) is 30.5 Å². The van der Waals surface area contributed by atoms with Gasteiger partial charge in [0.05, 0.1) is 22.1 Å². The van der Waals surface area contributed by atoms with Crippen LogP contribution < -0.4 is 19.5 Å². The fourth-order valence-electron chi connectivity index (χ4n) is 4.09. The zero-order valence-corrected chi connectivity index (χ0v) is 21.3. The van der Waals surface area contributed by atoms with E-state index in [1.165, 1.54) is 6.07 Å². The maximum absolute atomic E-state index is 14.0. The lowest BCUT2D eigenvalue weighted by molar-refractivity contribution is -0.140. The van der Waals surface area contributed by atoms with E-state index in [2.05, 4.69) is 14.8 Å². The summed E-state index contributed by atoms with van der Waals surface area (Å²) in [6, 6.07) is 9.17. The van der Waals surface area contributed by atoms with E-state index in [0.29, 0.717) is 38.1 Å². The molecule has 0 saturated carbocycles. The van der Waals surface area contributed by atoms with Crippen LogP contribution in [0.2, 0.25) is 0 Å². The van der Waals surface area contributed by atoms with E-state index < -0.39 is 62.4 Å². The number of hydrogen-bond donors (Lipinski definition) is 2. The van der Waals surface area contributed by atoms with E-state index in [-0.39, 0.29) is 16.9 Å². The summed E-state index contributed by atoms with van der Waals surface area (Å²) >= 11 is 0. The molecule has 1 fully saturated rings. The number of esters is 1. The minimum absolute atomic E-state index is 0.0152. The fourth-order valence-corrected chi connectivity index (χ4v) is 5.19. The first-order valence-corrected chi connectivity index (χ1v) is 13.3. The molecular formula is C26H22F6N2O5S. The van der Waals surface area contributed by atoms with Crippen molar-refractivity contribution in [3.8, 4) is 22.6 Å². The highest BCUT2D eigenvalue weighted by Gasteiger charge is 2.32. The van der Waals surface area contributed by atoms with Crippen LogP contribution in [-0.4, -0.2) is 34.1 Å². The molecule has 4 rings (SSSR count). The van der Waals surface area contributed by atoms with Crippen LogP contribution in [0, 0.1) is 11.7 Å². The van der Waals surface area contributed by atoms with Gasteiger partial charge in [-0.1, -0.05) is 12.1 Å². The van der Waals surface area contributed by atoms with E-state index in [9.17, 15) is 39.6 Å². The number of benzene rings is 3. The Labute approximate surface area is 225 Å². The van der Waals surface area contributed by atoms with Gasteiger partial charge in [-0.2, -0.15) is 22.0 Å². The Morgan fingerprint density at radius 1 is 0.975 bits per heavy atom. The molecule has 40 heavy (non-hydrogen) atoms. The standard InChI is InChI=1S/C26H22F6N2O5S/c27-18-5-7-22(39-25(28)29)20(14-18)16-4-6-23(38-24(35)15-8-10-33-11-9-15)21(12-16)34-40(36,37)19-3-1-2-17(13-19)26(30,31)32/h1-7,12-15,25,33-34H,8-11H2. The summed E-state index contributed by atoms with van der Waals surface area (Å²) in [5.41, 5.74) is -1.81. The summed E-state index contributed by atoms with van der Waals surface area (Å²) in [4.78, 5) is 12.0. The number of ether oxygens (including phenoxy) is 2. The lowest BCUT2D eigenvalue weighted by Gasteiger charge is -2.22. The van der Waals surface area contributed by atoms with Crippen molar-refractivity contribution in [2.75, 3.05) is 17.8 Å². The summed E-state index contributed by atoms with van der Waals surface area (Å²) in [6.45, 7) is -2.14. The first-order chi connectivity index (χ1) is 18.8. The van der Waals surface area contributed by atoms with Crippen molar-refractivity contribution in [3.63, 3.8) is 0 Å². The smallest absolute Gasteiger partial charge is 0.416 e. The third-order valence-electron chi connectivity index (χ3n) is 6.05. The summed E-state index contributed by atoms with van der Waals surface area (Å²) in [5.74, 6) is -2.70. The predicted molar refractivity (Wildman–Crippen MR) is 132 cm³/mol. The van der Waals surface area contributed by atoms with E-state index in [1.807, 2.05) is 0 Å². The van der Waals surface area contributed by atoms with Crippen LogP contribution in [0.25, 0.3) is 11.1 Å². The molecule has 0 aromatic heterocycles. The highest BCUT2D eigenvalue weighted by molar-refractivity contribution is 7.92. The molecule has 0 radical (unpaired) electrons. The predicted octanol–water partition coefficient (Wildman–Crippen LogP) is 5.82. The first-order valence-electron chi connectivity index (χ1n) is 11.8. The zero-order chi connectivity index (χ0) is 29.1. The third-order valence-corrected chi connectivity index (χ3v) is 7.41. The zero-order valence-electron chi connectivity index (χ0n) is 20.5. The molecule has 1 aliphatic heterocycles. The van der Waals surface area contributed by atoms with Crippen molar-refractivity contribution >= 4 is 21.7 Å². The van der Waals surface area contributed by atoms with Crippen LogP contribution in [0.15, 0.2) is 65.6 Å². The molecule has 0 atom stereocenters. The Morgan fingerprint density at radius 2 is 1.68 bits per heavy atom. The normalized spacial score (nSPS) is 14.7. The average molecular weight is 589 g/mol. The number of anilines is 1. The minimum atomic E-state index is -4.82. The van der Waals surface area contributed by atoms with E-state index in [4.69, 9.17) is 4.74 Å².